The van der Waals surface area contributed by atoms with Crippen LogP contribution in [0.5, 0.6) is 0 Å². The monoisotopic (exact) mass is 344 g/mol. The van der Waals surface area contributed by atoms with Crippen molar-refractivity contribution in [3.63, 3.8) is 0 Å². The Bertz CT molecular complexity index is 776. The van der Waals surface area contributed by atoms with Gasteiger partial charge in [-0.05, 0) is 32.9 Å². The first-order chi connectivity index (χ1) is 10.7. The first kappa shape index (κ1) is 17.5. The fraction of sp³-hybridized carbons (Fsp3) is 0.429. The molecule has 0 aliphatic carbocycles. The molecular formula is C14H18F2N4O2S. The second kappa shape index (κ2) is 6.71. The lowest BCUT2D eigenvalue weighted by Crippen LogP contribution is -2.34. The first-order valence-electron chi connectivity index (χ1n) is 6.98. The van der Waals surface area contributed by atoms with Crippen LogP contribution in [0, 0.1) is 13.8 Å². The molecule has 6 nitrogen and oxygen atoms in total. The summed E-state index contributed by atoms with van der Waals surface area (Å²) in [5.74, 6) is 0. The maximum Gasteiger partial charge on any atom is 0.333 e. The van der Waals surface area contributed by atoms with Gasteiger partial charge >= 0.3 is 6.55 Å². The number of aromatic nitrogens is 3. The minimum absolute atomic E-state index is 0.0420. The normalized spacial score (nSPS) is 13.5. The molecular weight excluding hydrogens is 326 g/mol. The summed E-state index contributed by atoms with van der Waals surface area (Å²) in [6, 6.07) is 4.92. The summed E-state index contributed by atoms with van der Waals surface area (Å²) in [4.78, 5) is 3.93. The molecule has 2 aromatic heterocycles. The van der Waals surface area contributed by atoms with Crippen molar-refractivity contribution in [2.75, 3.05) is 0 Å². The van der Waals surface area contributed by atoms with Gasteiger partial charge < -0.3 is 0 Å². The van der Waals surface area contributed by atoms with E-state index in [1.54, 1.807) is 25.3 Å². The van der Waals surface area contributed by atoms with Crippen LogP contribution in [-0.2, 0) is 16.4 Å². The number of hydrogen-bond donors (Lipinski definition) is 1. The molecule has 2 aromatic rings. The predicted molar refractivity (Wildman–Crippen MR) is 80.7 cm³/mol. The van der Waals surface area contributed by atoms with E-state index in [0.717, 1.165) is 5.69 Å². The minimum Gasteiger partial charge on any atom is -0.261 e. The lowest BCUT2D eigenvalue weighted by atomic mass is 10.2. The molecule has 0 aromatic carbocycles. The highest BCUT2D eigenvalue weighted by Crippen LogP contribution is 2.23. The van der Waals surface area contributed by atoms with E-state index >= 15 is 0 Å². The van der Waals surface area contributed by atoms with Crippen molar-refractivity contribution in [3.8, 4) is 0 Å². The molecule has 0 spiro atoms. The number of halogens is 2. The Hall–Kier alpha value is -1.87. The van der Waals surface area contributed by atoms with E-state index < -0.39 is 22.6 Å². The molecule has 0 fully saturated rings. The molecule has 0 radical (unpaired) electrons. The zero-order valence-electron chi connectivity index (χ0n) is 13.0. The zero-order chi connectivity index (χ0) is 17.2. The minimum atomic E-state index is -3.95. The van der Waals surface area contributed by atoms with Gasteiger partial charge in [0.2, 0.25) is 10.0 Å². The van der Waals surface area contributed by atoms with Crippen molar-refractivity contribution in [1.82, 2.24) is 19.5 Å². The molecule has 126 valence electrons. The Morgan fingerprint density at radius 1 is 1.30 bits per heavy atom. The molecule has 0 bridgehead atoms. The number of pyridine rings is 1. The van der Waals surface area contributed by atoms with Crippen molar-refractivity contribution < 1.29 is 17.2 Å². The van der Waals surface area contributed by atoms with E-state index in [1.807, 2.05) is 6.07 Å². The van der Waals surface area contributed by atoms with E-state index in [4.69, 9.17) is 0 Å². The summed E-state index contributed by atoms with van der Waals surface area (Å²) >= 11 is 0. The standard InChI is InChI=1S/C14H18F2N4O2S/c1-9(8-12-6-4-5-7-17-12)19-23(21,22)13-10(2)18-20(11(13)3)14(15)16/h4-7,9,14,19H,8H2,1-3H3/t9-/m0/s1. The molecule has 9 heteroatoms. The van der Waals surface area contributed by atoms with E-state index in [-0.39, 0.29) is 16.3 Å². The van der Waals surface area contributed by atoms with Crippen molar-refractivity contribution in [3.05, 3.63) is 41.5 Å². The number of rotatable bonds is 6. The lowest BCUT2D eigenvalue weighted by Gasteiger charge is -2.14. The van der Waals surface area contributed by atoms with Crippen LogP contribution < -0.4 is 4.72 Å². The van der Waals surface area contributed by atoms with Crippen LogP contribution in [0.15, 0.2) is 29.3 Å². The van der Waals surface area contributed by atoms with Gasteiger partial charge in [-0.25, -0.2) is 17.8 Å². The molecule has 0 saturated heterocycles. The molecule has 0 amide bonds. The van der Waals surface area contributed by atoms with Crippen LogP contribution in [0.25, 0.3) is 0 Å². The highest BCUT2D eigenvalue weighted by atomic mass is 32.2. The third kappa shape index (κ3) is 3.91. The number of aryl methyl sites for hydroxylation is 1. The largest absolute Gasteiger partial charge is 0.333 e. The molecule has 23 heavy (non-hydrogen) atoms. The summed E-state index contributed by atoms with van der Waals surface area (Å²) < 4.78 is 53.5. The molecule has 0 unspecified atom stereocenters. The van der Waals surface area contributed by atoms with Crippen LogP contribution in [-0.4, -0.2) is 29.2 Å². The predicted octanol–water partition coefficient (Wildman–Crippen LogP) is 2.20. The van der Waals surface area contributed by atoms with Crippen molar-refractivity contribution in [1.29, 1.82) is 0 Å². The second-order valence-electron chi connectivity index (χ2n) is 5.27. The average molecular weight is 344 g/mol. The van der Waals surface area contributed by atoms with Gasteiger partial charge in [-0.2, -0.15) is 13.9 Å². The van der Waals surface area contributed by atoms with E-state index in [2.05, 4.69) is 14.8 Å². The number of hydrogen-bond acceptors (Lipinski definition) is 4. The molecule has 1 N–H and O–H groups in total. The Morgan fingerprint density at radius 2 is 2.00 bits per heavy atom. The van der Waals surface area contributed by atoms with Crippen LogP contribution in [0.4, 0.5) is 8.78 Å². The highest BCUT2D eigenvalue weighted by Gasteiger charge is 2.28. The van der Waals surface area contributed by atoms with E-state index in [9.17, 15) is 17.2 Å². The van der Waals surface area contributed by atoms with Crippen molar-refractivity contribution in [2.45, 2.75) is 44.7 Å². The maximum atomic E-state index is 12.8. The van der Waals surface area contributed by atoms with Crippen molar-refractivity contribution in [2.24, 2.45) is 0 Å². The van der Waals surface area contributed by atoms with Gasteiger partial charge in [-0.3, -0.25) is 4.98 Å². The van der Waals surface area contributed by atoms with Gasteiger partial charge in [-0.15, -0.1) is 0 Å². The number of nitrogens with one attached hydrogen (secondary N) is 1. The number of sulfonamides is 1. The summed E-state index contributed by atoms with van der Waals surface area (Å²) in [5, 5.41) is 3.60. The quantitative estimate of drug-likeness (QED) is 0.871. The molecule has 1 atom stereocenters. The van der Waals surface area contributed by atoms with Crippen LogP contribution in [0.3, 0.4) is 0 Å². The Kier molecular flexibility index (Phi) is 5.10. The summed E-state index contributed by atoms with van der Waals surface area (Å²) in [6.45, 7) is 1.51. The fourth-order valence-electron chi connectivity index (χ4n) is 2.42. The van der Waals surface area contributed by atoms with Gasteiger partial charge in [0.25, 0.3) is 0 Å². The average Bonchev–Trinajstić information content (AvgIpc) is 2.75. The van der Waals surface area contributed by atoms with Crippen LogP contribution in [0.1, 0.15) is 30.6 Å². The fourth-order valence-corrected chi connectivity index (χ4v) is 4.07. The summed E-state index contributed by atoms with van der Waals surface area (Å²) in [6.07, 6.45) is 2.01. The third-order valence-corrected chi connectivity index (χ3v) is 5.15. The second-order valence-corrected chi connectivity index (χ2v) is 6.92. The van der Waals surface area contributed by atoms with Gasteiger partial charge in [0.15, 0.2) is 0 Å². The van der Waals surface area contributed by atoms with Gasteiger partial charge in [0.1, 0.15) is 4.90 Å². The Balaban J connectivity index is 2.22. The number of alkyl halides is 2. The molecule has 0 saturated carbocycles. The molecule has 0 aliphatic heterocycles. The van der Waals surface area contributed by atoms with Crippen molar-refractivity contribution >= 4 is 10.0 Å². The summed E-state index contributed by atoms with van der Waals surface area (Å²) in [7, 11) is -3.95. The Labute approximate surface area is 133 Å². The molecule has 2 rings (SSSR count). The number of nitrogens with zero attached hydrogens (tertiary/aromatic N) is 3. The molecule has 0 aliphatic rings. The van der Waals surface area contributed by atoms with E-state index in [1.165, 1.54) is 13.8 Å². The lowest BCUT2D eigenvalue weighted by molar-refractivity contribution is 0.0538. The molecule has 2 heterocycles. The summed E-state index contributed by atoms with van der Waals surface area (Å²) in [5.41, 5.74) is 0.690. The zero-order valence-corrected chi connectivity index (χ0v) is 13.8. The third-order valence-electron chi connectivity index (χ3n) is 3.31. The van der Waals surface area contributed by atoms with Gasteiger partial charge in [0, 0.05) is 24.4 Å². The highest BCUT2D eigenvalue weighted by molar-refractivity contribution is 7.89. The smallest absolute Gasteiger partial charge is 0.261 e. The Morgan fingerprint density at radius 3 is 2.52 bits per heavy atom. The first-order valence-corrected chi connectivity index (χ1v) is 8.46. The topological polar surface area (TPSA) is 76.9 Å². The SMILES string of the molecule is Cc1nn(C(F)F)c(C)c1S(=O)(=O)N[C@@H](C)Cc1ccccn1. The van der Waals surface area contributed by atoms with Gasteiger partial charge in [0.05, 0.1) is 11.4 Å². The van der Waals surface area contributed by atoms with E-state index in [0.29, 0.717) is 11.1 Å². The van der Waals surface area contributed by atoms with Gasteiger partial charge in [-0.1, -0.05) is 6.07 Å². The maximum absolute atomic E-state index is 12.8. The van der Waals surface area contributed by atoms with Crippen LogP contribution >= 0.6 is 0 Å². The van der Waals surface area contributed by atoms with Crippen LogP contribution in [0.2, 0.25) is 0 Å².